The number of aromatic nitrogens is 1. The Bertz CT molecular complexity index is 599. The molecule has 0 aliphatic heterocycles. The van der Waals surface area contributed by atoms with E-state index in [0.717, 1.165) is 11.3 Å². The van der Waals surface area contributed by atoms with Crippen molar-refractivity contribution in [1.82, 2.24) is 4.98 Å². The van der Waals surface area contributed by atoms with E-state index in [9.17, 15) is 9.18 Å². The van der Waals surface area contributed by atoms with Gasteiger partial charge >= 0.3 is 0 Å². The molecular weight excluding hydrogens is 193 g/mol. The smallest absolute Gasteiger partial charge is 0.195 e. The lowest BCUT2D eigenvalue weighted by molar-refractivity contribution is 0.638. The van der Waals surface area contributed by atoms with Gasteiger partial charge in [-0.2, -0.15) is 0 Å². The van der Waals surface area contributed by atoms with E-state index >= 15 is 0 Å². The lowest BCUT2D eigenvalue weighted by Crippen LogP contribution is -2.11. The molecule has 15 heavy (non-hydrogen) atoms. The van der Waals surface area contributed by atoms with Crippen LogP contribution in [0.25, 0.3) is 10.9 Å². The molecule has 0 unspecified atom stereocenters. The average molecular weight is 205 g/mol. The fraction of sp³-hybridized carbons (Fsp3) is 0.250. The zero-order chi connectivity index (χ0) is 11.2. The van der Waals surface area contributed by atoms with Gasteiger partial charge in [0.25, 0.3) is 0 Å². The van der Waals surface area contributed by atoms with E-state index in [1.165, 1.54) is 6.07 Å². The summed E-state index contributed by atoms with van der Waals surface area (Å²) >= 11 is 0. The van der Waals surface area contributed by atoms with Crippen LogP contribution in [0.4, 0.5) is 4.39 Å². The molecule has 2 nitrogen and oxygen atoms in total. The van der Waals surface area contributed by atoms with E-state index < -0.39 is 5.82 Å². The molecule has 1 heterocycles. The second kappa shape index (κ2) is 3.19. The van der Waals surface area contributed by atoms with Gasteiger partial charge in [-0.05, 0) is 32.4 Å². The third kappa shape index (κ3) is 1.35. The molecule has 2 aromatic rings. The number of H-pyrrole nitrogens is 1. The SMILES string of the molecule is Cc1[nH]c2c(C)ccc(F)c2c(=O)c1C. The van der Waals surface area contributed by atoms with Crippen molar-refractivity contribution in [2.45, 2.75) is 20.8 Å². The highest BCUT2D eigenvalue weighted by atomic mass is 19.1. The van der Waals surface area contributed by atoms with Crippen molar-refractivity contribution in [3.63, 3.8) is 0 Å². The molecule has 0 aliphatic carbocycles. The summed E-state index contributed by atoms with van der Waals surface area (Å²) in [7, 11) is 0. The van der Waals surface area contributed by atoms with Crippen molar-refractivity contribution in [3.8, 4) is 0 Å². The zero-order valence-corrected chi connectivity index (χ0v) is 8.94. The van der Waals surface area contributed by atoms with E-state index in [2.05, 4.69) is 4.98 Å². The molecule has 0 spiro atoms. The van der Waals surface area contributed by atoms with Crippen LogP contribution >= 0.6 is 0 Å². The summed E-state index contributed by atoms with van der Waals surface area (Å²) in [6, 6.07) is 3.00. The van der Waals surface area contributed by atoms with E-state index in [0.29, 0.717) is 11.1 Å². The van der Waals surface area contributed by atoms with Gasteiger partial charge in [0.05, 0.1) is 10.9 Å². The first-order valence-electron chi connectivity index (χ1n) is 4.80. The van der Waals surface area contributed by atoms with Crippen LogP contribution in [0, 0.1) is 26.6 Å². The number of aryl methyl sites for hydroxylation is 2. The Morgan fingerprint density at radius 2 is 1.87 bits per heavy atom. The van der Waals surface area contributed by atoms with E-state index in [1.807, 2.05) is 13.8 Å². The van der Waals surface area contributed by atoms with Gasteiger partial charge in [-0.25, -0.2) is 4.39 Å². The molecule has 0 saturated carbocycles. The van der Waals surface area contributed by atoms with Crippen LogP contribution in [0.3, 0.4) is 0 Å². The third-order valence-electron chi connectivity index (χ3n) is 2.81. The van der Waals surface area contributed by atoms with Crippen molar-refractivity contribution in [1.29, 1.82) is 0 Å². The van der Waals surface area contributed by atoms with Crippen molar-refractivity contribution in [2.75, 3.05) is 0 Å². The Hall–Kier alpha value is -1.64. The minimum absolute atomic E-state index is 0.165. The average Bonchev–Trinajstić information content (AvgIpc) is 2.20. The number of aromatic amines is 1. The summed E-state index contributed by atoms with van der Waals surface area (Å²) in [5.74, 6) is -0.458. The third-order valence-corrected chi connectivity index (χ3v) is 2.81. The van der Waals surface area contributed by atoms with Crippen molar-refractivity contribution in [3.05, 3.63) is 45.0 Å². The highest BCUT2D eigenvalue weighted by Gasteiger charge is 2.11. The summed E-state index contributed by atoms with van der Waals surface area (Å²) in [5, 5.41) is 0.165. The second-order valence-corrected chi connectivity index (χ2v) is 3.82. The number of hydrogen-bond donors (Lipinski definition) is 1. The van der Waals surface area contributed by atoms with Crippen LogP contribution in [0.15, 0.2) is 16.9 Å². The molecule has 2 rings (SSSR count). The molecule has 1 aromatic heterocycles. The molecular formula is C12H12FNO. The van der Waals surface area contributed by atoms with Gasteiger partial charge in [0.2, 0.25) is 0 Å². The highest BCUT2D eigenvalue weighted by Crippen LogP contribution is 2.17. The molecule has 78 valence electrons. The van der Waals surface area contributed by atoms with E-state index in [4.69, 9.17) is 0 Å². The first-order chi connectivity index (χ1) is 7.02. The minimum atomic E-state index is -0.458. The number of nitrogens with one attached hydrogen (secondary N) is 1. The van der Waals surface area contributed by atoms with Crippen LogP contribution in [-0.4, -0.2) is 4.98 Å². The Kier molecular flexibility index (Phi) is 2.11. The molecule has 0 aliphatic rings. The maximum atomic E-state index is 13.5. The van der Waals surface area contributed by atoms with Crippen molar-refractivity contribution >= 4 is 10.9 Å². The Morgan fingerprint density at radius 1 is 1.20 bits per heavy atom. The molecule has 0 fully saturated rings. The standard InChI is InChI=1S/C12H12FNO/c1-6-4-5-9(13)10-11(6)14-8(3)7(2)12(10)15/h4-5H,1-3H3,(H,14,15). The molecule has 1 N–H and O–H groups in total. The van der Waals surface area contributed by atoms with Crippen LogP contribution in [0.5, 0.6) is 0 Å². The van der Waals surface area contributed by atoms with Gasteiger partial charge in [-0.3, -0.25) is 4.79 Å². The van der Waals surface area contributed by atoms with Crippen molar-refractivity contribution in [2.24, 2.45) is 0 Å². The summed E-state index contributed by atoms with van der Waals surface area (Å²) in [4.78, 5) is 14.9. The number of halogens is 1. The summed E-state index contributed by atoms with van der Waals surface area (Å²) < 4.78 is 13.5. The fourth-order valence-corrected chi connectivity index (χ4v) is 1.70. The molecule has 0 atom stereocenters. The van der Waals surface area contributed by atoms with Gasteiger partial charge < -0.3 is 4.98 Å². The number of pyridine rings is 1. The van der Waals surface area contributed by atoms with Gasteiger partial charge in [0, 0.05) is 11.3 Å². The summed E-state index contributed by atoms with van der Waals surface area (Å²) in [6.45, 7) is 5.38. The first-order valence-corrected chi connectivity index (χ1v) is 4.80. The summed E-state index contributed by atoms with van der Waals surface area (Å²) in [6.07, 6.45) is 0. The van der Waals surface area contributed by atoms with Gasteiger partial charge in [-0.1, -0.05) is 6.07 Å². The Labute approximate surface area is 86.8 Å². The predicted molar refractivity (Wildman–Crippen MR) is 58.7 cm³/mol. The fourth-order valence-electron chi connectivity index (χ4n) is 1.70. The lowest BCUT2D eigenvalue weighted by Gasteiger charge is -2.07. The topological polar surface area (TPSA) is 32.9 Å². The van der Waals surface area contributed by atoms with Gasteiger partial charge in [-0.15, -0.1) is 0 Å². The highest BCUT2D eigenvalue weighted by molar-refractivity contribution is 5.83. The molecule has 3 heteroatoms. The zero-order valence-electron chi connectivity index (χ0n) is 8.94. The molecule has 0 bridgehead atoms. The monoisotopic (exact) mass is 205 g/mol. The largest absolute Gasteiger partial charge is 0.358 e. The number of benzene rings is 1. The number of hydrogen-bond acceptors (Lipinski definition) is 1. The van der Waals surface area contributed by atoms with Crippen LogP contribution in [0.2, 0.25) is 0 Å². The predicted octanol–water partition coefficient (Wildman–Crippen LogP) is 2.59. The molecule has 1 aromatic carbocycles. The van der Waals surface area contributed by atoms with Gasteiger partial charge in [0.15, 0.2) is 5.43 Å². The first kappa shape index (κ1) is 9.90. The number of fused-ring (bicyclic) bond motifs is 1. The summed E-state index contributed by atoms with van der Waals surface area (Å²) in [5.41, 5.74) is 2.63. The van der Waals surface area contributed by atoms with Crippen molar-refractivity contribution < 1.29 is 4.39 Å². The molecule has 0 amide bonds. The lowest BCUT2D eigenvalue weighted by atomic mass is 10.1. The maximum absolute atomic E-state index is 13.5. The number of rotatable bonds is 0. The molecule has 0 radical (unpaired) electrons. The second-order valence-electron chi connectivity index (χ2n) is 3.82. The quantitative estimate of drug-likeness (QED) is 0.704. The van der Waals surface area contributed by atoms with Crippen LogP contribution < -0.4 is 5.43 Å². The Morgan fingerprint density at radius 3 is 2.53 bits per heavy atom. The minimum Gasteiger partial charge on any atom is -0.358 e. The maximum Gasteiger partial charge on any atom is 0.195 e. The normalized spacial score (nSPS) is 10.9. The van der Waals surface area contributed by atoms with E-state index in [-0.39, 0.29) is 10.8 Å². The Balaban J connectivity index is 3.12. The van der Waals surface area contributed by atoms with E-state index in [1.54, 1.807) is 13.0 Å². The molecule has 0 saturated heterocycles. The van der Waals surface area contributed by atoms with Gasteiger partial charge in [0.1, 0.15) is 5.82 Å². The van der Waals surface area contributed by atoms with Crippen LogP contribution in [-0.2, 0) is 0 Å². The van der Waals surface area contributed by atoms with Crippen LogP contribution in [0.1, 0.15) is 16.8 Å².